The minimum Gasteiger partial charge on any atom is -0.349 e. The summed E-state index contributed by atoms with van der Waals surface area (Å²) in [6, 6.07) is 17.6. The number of aryl methyl sites for hydroxylation is 1. The third-order valence-corrected chi connectivity index (χ3v) is 4.50. The van der Waals surface area contributed by atoms with E-state index in [-0.39, 0.29) is 30.2 Å². The van der Waals surface area contributed by atoms with Crippen LogP contribution in [-0.2, 0) is 9.59 Å². The maximum absolute atomic E-state index is 12.5. The molecule has 3 rings (SSSR count). The van der Waals surface area contributed by atoms with Crippen molar-refractivity contribution < 1.29 is 9.59 Å². The van der Waals surface area contributed by atoms with Crippen LogP contribution in [0, 0.1) is 12.8 Å². The maximum atomic E-state index is 12.5. The minimum atomic E-state index is -0.300. The third-order valence-electron chi connectivity index (χ3n) is 4.50. The van der Waals surface area contributed by atoms with E-state index < -0.39 is 0 Å². The second-order valence-corrected chi connectivity index (χ2v) is 6.38. The Balaban J connectivity index is 1.64. The number of anilines is 1. The Morgan fingerprint density at radius 2 is 1.79 bits per heavy atom. The van der Waals surface area contributed by atoms with Crippen LogP contribution < -0.4 is 10.2 Å². The van der Waals surface area contributed by atoms with Gasteiger partial charge >= 0.3 is 0 Å². The molecular formula is C20H22N2O2. The Bertz CT molecular complexity index is 725. The Morgan fingerprint density at radius 1 is 1.12 bits per heavy atom. The Morgan fingerprint density at radius 3 is 2.46 bits per heavy atom. The fraction of sp³-hybridized carbons (Fsp3) is 0.300. The van der Waals surface area contributed by atoms with Gasteiger partial charge in [0.25, 0.3) is 0 Å². The highest BCUT2D eigenvalue weighted by Crippen LogP contribution is 2.25. The standard InChI is InChI=1S/C20H22N2O2/c1-14-8-10-16(11-9-14)15(2)21-20(24)17-12-19(23)22(13-17)18-6-4-3-5-7-18/h3-11,15,17H,12-13H2,1-2H3,(H,21,24). The quantitative estimate of drug-likeness (QED) is 0.939. The summed E-state index contributed by atoms with van der Waals surface area (Å²) in [5.41, 5.74) is 3.11. The number of amides is 2. The lowest BCUT2D eigenvalue weighted by molar-refractivity contribution is -0.126. The molecule has 1 saturated heterocycles. The number of nitrogens with one attached hydrogen (secondary N) is 1. The molecule has 24 heavy (non-hydrogen) atoms. The van der Waals surface area contributed by atoms with E-state index >= 15 is 0 Å². The van der Waals surface area contributed by atoms with Gasteiger partial charge < -0.3 is 10.2 Å². The number of benzene rings is 2. The van der Waals surface area contributed by atoms with Gasteiger partial charge in [0.2, 0.25) is 11.8 Å². The topological polar surface area (TPSA) is 49.4 Å². The number of rotatable bonds is 4. The fourth-order valence-corrected chi connectivity index (χ4v) is 3.01. The van der Waals surface area contributed by atoms with Crippen LogP contribution in [0.15, 0.2) is 54.6 Å². The Hall–Kier alpha value is -2.62. The van der Waals surface area contributed by atoms with Crippen molar-refractivity contribution in [3.05, 3.63) is 65.7 Å². The average Bonchev–Trinajstić information content (AvgIpc) is 2.98. The first-order chi connectivity index (χ1) is 11.5. The van der Waals surface area contributed by atoms with Crippen LogP contribution in [0.1, 0.15) is 30.5 Å². The van der Waals surface area contributed by atoms with Crippen molar-refractivity contribution in [1.29, 1.82) is 0 Å². The predicted molar refractivity (Wildman–Crippen MR) is 94.6 cm³/mol. The van der Waals surface area contributed by atoms with E-state index in [1.165, 1.54) is 5.56 Å². The largest absolute Gasteiger partial charge is 0.349 e. The van der Waals surface area contributed by atoms with Gasteiger partial charge in [0, 0.05) is 18.7 Å². The maximum Gasteiger partial charge on any atom is 0.227 e. The number of hydrogen-bond acceptors (Lipinski definition) is 2. The van der Waals surface area contributed by atoms with E-state index in [4.69, 9.17) is 0 Å². The lowest BCUT2D eigenvalue weighted by Crippen LogP contribution is -2.34. The Kier molecular flexibility index (Phi) is 4.65. The molecule has 0 bridgehead atoms. The third kappa shape index (κ3) is 3.48. The van der Waals surface area contributed by atoms with E-state index in [1.807, 2.05) is 68.4 Å². The molecule has 2 aromatic rings. The molecule has 0 aliphatic carbocycles. The minimum absolute atomic E-state index is 0.00402. The smallest absolute Gasteiger partial charge is 0.227 e. The summed E-state index contributed by atoms with van der Waals surface area (Å²) < 4.78 is 0. The summed E-state index contributed by atoms with van der Waals surface area (Å²) in [5, 5.41) is 3.03. The molecule has 0 saturated carbocycles. The van der Waals surface area contributed by atoms with Gasteiger partial charge in [-0.2, -0.15) is 0 Å². The monoisotopic (exact) mass is 322 g/mol. The van der Waals surface area contributed by atoms with Gasteiger partial charge in [-0.3, -0.25) is 9.59 Å². The van der Waals surface area contributed by atoms with Crippen LogP contribution in [0.2, 0.25) is 0 Å². The lowest BCUT2D eigenvalue weighted by atomic mass is 10.0. The molecule has 4 heteroatoms. The van der Waals surface area contributed by atoms with Crippen LogP contribution in [0.3, 0.4) is 0 Å². The van der Waals surface area contributed by atoms with Crippen molar-refractivity contribution in [3.63, 3.8) is 0 Å². The first kappa shape index (κ1) is 16.2. The molecule has 0 aromatic heterocycles. The summed E-state index contributed by atoms with van der Waals surface area (Å²) in [7, 11) is 0. The number of hydrogen-bond donors (Lipinski definition) is 1. The van der Waals surface area contributed by atoms with E-state index in [0.717, 1.165) is 11.3 Å². The van der Waals surface area contributed by atoms with Crippen LogP contribution in [-0.4, -0.2) is 18.4 Å². The van der Waals surface area contributed by atoms with Gasteiger partial charge in [-0.1, -0.05) is 48.0 Å². The van der Waals surface area contributed by atoms with E-state index in [1.54, 1.807) is 4.90 Å². The molecule has 2 atom stereocenters. The number of nitrogens with zero attached hydrogens (tertiary/aromatic N) is 1. The highest BCUT2D eigenvalue weighted by molar-refractivity contribution is 6.00. The first-order valence-electron chi connectivity index (χ1n) is 8.27. The molecule has 2 amide bonds. The Labute approximate surface area is 142 Å². The zero-order valence-corrected chi connectivity index (χ0v) is 14.0. The van der Waals surface area contributed by atoms with Crippen LogP contribution in [0.4, 0.5) is 5.69 Å². The van der Waals surface area contributed by atoms with Crippen LogP contribution >= 0.6 is 0 Å². The molecule has 2 aromatic carbocycles. The number of carbonyl (C=O) groups excluding carboxylic acids is 2. The van der Waals surface area contributed by atoms with Crippen LogP contribution in [0.25, 0.3) is 0 Å². The second-order valence-electron chi connectivity index (χ2n) is 6.38. The van der Waals surface area contributed by atoms with Gasteiger partial charge in [-0.15, -0.1) is 0 Å². The van der Waals surface area contributed by atoms with Crippen molar-refractivity contribution in [2.75, 3.05) is 11.4 Å². The zero-order chi connectivity index (χ0) is 17.1. The van der Waals surface area contributed by atoms with E-state index in [2.05, 4.69) is 5.32 Å². The van der Waals surface area contributed by atoms with Gasteiger partial charge in [0.1, 0.15) is 0 Å². The lowest BCUT2D eigenvalue weighted by Gasteiger charge is -2.19. The summed E-state index contributed by atoms with van der Waals surface area (Å²) in [6.07, 6.45) is 0.265. The van der Waals surface area contributed by atoms with Crippen LogP contribution in [0.5, 0.6) is 0 Å². The average molecular weight is 322 g/mol. The molecule has 124 valence electrons. The molecule has 1 heterocycles. The van der Waals surface area contributed by atoms with Crippen molar-refractivity contribution in [1.82, 2.24) is 5.32 Å². The summed E-state index contributed by atoms with van der Waals surface area (Å²) in [4.78, 5) is 26.5. The first-order valence-corrected chi connectivity index (χ1v) is 8.27. The van der Waals surface area contributed by atoms with E-state index in [9.17, 15) is 9.59 Å². The second kappa shape index (κ2) is 6.87. The molecule has 1 N–H and O–H groups in total. The number of para-hydroxylation sites is 1. The normalized spacial score (nSPS) is 18.5. The molecule has 4 nitrogen and oxygen atoms in total. The van der Waals surface area contributed by atoms with Gasteiger partial charge in [-0.25, -0.2) is 0 Å². The van der Waals surface area contributed by atoms with Gasteiger partial charge in [0.05, 0.1) is 12.0 Å². The molecular weight excluding hydrogens is 300 g/mol. The van der Waals surface area contributed by atoms with Crippen molar-refractivity contribution in [3.8, 4) is 0 Å². The summed E-state index contributed by atoms with van der Waals surface area (Å²) in [5.74, 6) is -0.357. The van der Waals surface area contributed by atoms with E-state index in [0.29, 0.717) is 6.54 Å². The van der Waals surface area contributed by atoms with Crippen molar-refractivity contribution in [2.24, 2.45) is 5.92 Å². The zero-order valence-electron chi connectivity index (χ0n) is 14.0. The molecule has 1 fully saturated rings. The van der Waals surface area contributed by atoms with Crippen molar-refractivity contribution in [2.45, 2.75) is 26.3 Å². The molecule has 1 aliphatic heterocycles. The van der Waals surface area contributed by atoms with Crippen molar-refractivity contribution >= 4 is 17.5 Å². The highest BCUT2D eigenvalue weighted by atomic mass is 16.2. The molecule has 0 radical (unpaired) electrons. The van der Waals surface area contributed by atoms with Gasteiger partial charge in [0.15, 0.2) is 0 Å². The highest BCUT2D eigenvalue weighted by Gasteiger charge is 2.35. The molecule has 1 aliphatic rings. The molecule has 0 spiro atoms. The SMILES string of the molecule is Cc1ccc(C(C)NC(=O)C2CC(=O)N(c3ccccc3)C2)cc1. The number of carbonyl (C=O) groups is 2. The summed E-state index contributed by atoms with van der Waals surface area (Å²) in [6.45, 7) is 4.44. The fourth-order valence-electron chi connectivity index (χ4n) is 3.01. The predicted octanol–water partition coefficient (Wildman–Crippen LogP) is 3.23. The van der Waals surface area contributed by atoms with Gasteiger partial charge in [-0.05, 0) is 31.5 Å². The summed E-state index contributed by atoms with van der Waals surface area (Å²) >= 11 is 0. The molecule has 2 unspecified atom stereocenters.